The van der Waals surface area contributed by atoms with Gasteiger partial charge < -0.3 is 5.73 Å². The summed E-state index contributed by atoms with van der Waals surface area (Å²) in [4.78, 5) is 11.6. The van der Waals surface area contributed by atoms with Gasteiger partial charge in [0, 0.05) is 28.4 Å². The molecule has 2 rings (SSSR count). The van der Waals surface area contributed by atoms with E-state index in [2.05, 4.69) is 5.10 Å². The molecule has 0 unspecified atom stereocenters. The Morgan fingerprint density at radius 2 is 1.83 bits per heavy atom. The Morgan fingerprint density at radius 1 is 1.22 bits per heavy atom. The van der Waals surface area contributed by atoms with Crippen molar-refractivity contribution in [2.45, 2.75) is 13.5 Å². The van der Waals surface area contributed by atoms with Gasteiger partial charge in [0.05, 0.1) is 5.69 Å². The van der Waals surface area contributed by atoms with Gasteiger partial charge >= 0.3 is 0 Å². The van der Waals surface area contributed by atoms with Gasteiger partial charge in [0.25, 0.3) is 0 Å². The summed E-state index contributed by atoms with van der Waals surface area (Å²) in [6.07, 6.45) is 0. The van der Waals surface area contributed by atoms with Crippen LogP contribution in [-0.4, -0.2) is 9.78 Å². The predicted octanol–water partition coefficient (Wildman–Crippen LogP) is 2.31. The molecule has 0 saturated heterocycles. The quantitative estimate of drug-likeness (QED) is 0.920. The Kier molecular flexibility index (Phi) is 3.71. The number of aromatic nitrogens is 2. The van der Waals surface area contributed by atoms with Crippen molar-refractivity contribution in [2.24, 2.45) is 5.73 Å². The lowest BCUT2D eigenvalue weighted by Crippen LogP contribution is -2.21. The molecule has 0 aliphatic rings. The van der Waals surface area contributed by atoms with E-state index in [4.69, 9.17) is 28.9 Å². The molecule has 0 bridgehead atoms. The lowest BCUT2D eigenvalue weighted by atomic mass is 10.3. The highest BCUT2D eigenvalue weighted by molar-refractivity contribution is 6.34. The minimum atomic E-state index is -0.167. The number of hydrogen-bond donors (Lipinski definition) is 1. The van der Waals surface area contributed by atoms with E-state index in [0.29, 0.717) is 27.1 Å². The Morgan fingerprint density at radius 3 is 2.39 bits per heavy atom. The number of nitrogens with two attached hydrogens (primary N) is 1. The molecule has 0 radical (unpaired) electrons. The van der Waals surface area contributed by atoms with Crippen LogP contribution < -0.4 is 11.2 Å². The second-order valence-electron chi connectivity index (χ2n) is 3.84. The molecule has 1 aromatic heterocycles. The second kappa shape index (κ2) is 5.10. The zero-order valence-electron chi connectivity index (χ0n) is 9.65. The molecular weight excluding hydrogens is 273 g/mol. The summed E-state index contributed by atoms with van der Waals surface area (Å²) in [6.45, 7) is 1.87. The van der Waals surface area contributed by atoms with Crippen LogP contribution in [0.25, 0.3) is 5.69 Å². The first-order chi connectivity index (χ1) is 8.51. The zero-order valence-corrected chi connectivity index (χ0v) is 11.2. The highest BCUT2D eigenvalue weighted by Crippen LogP contribution is 2.21. The molecule has 0 fully saturated rings. The van der Waals surface area contributed by atoms with Crippen LogP contribution in [0.2, 0.25) is 10.0 Å². The van der Waals surface area contributed by atoms with E-state index in [1.54, 1.807) is 29.8 Å². The second-order valence-corrected chi connectivity index (χ2v) is 4.71. The fourth-order valence-electron chi connectivity index (χ4n) is 1.65. The molecule has 2 aromatic rings. The Labute approximate surface area is 114 Å². The first-order valence-electron chi connectivity index (χ1n) is 5.27. The largest absolute Gasteiger partial charge is 0.325 e. The molecule has 1 aromatic carbocycles. The molecule has 6 heteroatoms. The molecule has 4 nitrogen and oxygen atoms in total. The maximum Gasteiger partial charge on any atom is 0.204 e. The topological polar surface area (TPSA) is 60.9 Å². The van der Waals surface area contributed by atoms with Crippen LogP contribution in [0.3, 0.4) is 0 Å². The summed E-state index contributed by atoms with van der Waals surface area (Å²) in [5.41, 5.74) is 7.00. The fourth-order valence-corrected chi connectivity index (χ4v) is 2.16. The van der Waals surface area contributed by atoms with Gasteiger partial charge in [-0.2, -0.15) is 5.10 Å². The first-order valence-corrected chi connectivity index (χ1v) is 6.03. The van der Waals surface area contributed by atoms with Gasteiger partial charge in [0.15, 0.2) is 0 Å². The van der Waals surface area contributed by atoms with Crippen molar-refractivity contribution >= 4 is 23.2 Å². The van der Waals surface area contributed by atoms with E-state index < -0.39 is 0 Å². The first kappa shape index (κ1) is 13.1. The van der Waals surface area contributed by atoms with Crippen LogP contribution in [-0.2, 0) is 6.54 Å². The van der Waals surface area contributed by atoms with Gasteiger partial charge in [-0.1, -0.05) is 23.2 Å². The van der Waals surface area contributed by atoms with Gasteiger partial charge in [0.2, 0.25) is 5.43 Å². The summed E-state index contributed by atoms with van der Waals surface area (Å²) >= 11 is 11.9. The van der Waals surface area contributed by atoms with E-state index in [1.165, 1.54) is 6.07 Å². The van der Waals surface area contributed by atoms with E-state index in [9.17, 15) is 4.79 Å². The Bertz CT molecular complexity index is 632. The van der Waals surface area contributed by atoms with Crippen molar-refractivity contribution in [3.8, 4) is 5.69 Å². The van der Waals surface area contributed by atoms with E-state index in [1.807, 2.05) is 0 Å². The van der Waals surface area contributed by atoms with Gasteiger partial charge in [0.1, 0.15) is 5.69 Å². The van der Waals surface area contributed by atoms with Crippen molar-refractivity contribution in [3.63, 3.8) is 0 Å². The van der Waals surface area contributed by atoms with Crippen molar-refractivity contribution in [2.75, 3.05) is 0 Å². The standard InChI is InChI=1S/C12H11Cl2N3O/c1-7-2-12(18)11(6-15)16-17(7)10-4-8(13)3-9(14)5-10/h2-5H,6,15H2,1H3. The summed E-state index contributed by atoms with van der Waals surface area (Å²) < 4.78 is 1.60. The number of nitrogens with zero attached hydrogens (tertiary/aromatic N) is 2. The van der Waals surface area contributed by atoms with Gasteiger partial charge in [-0.3, -0.25) is 4.79 Å². The maximum absolute atomic E-state index is 11.6. The van der Waals surface area contributed by atoms with Crippen LogP contribution in [0.15, 0.2) is 29.1 Å². The van der Waals surface area contributed by atoms with Crippen LogP contribution in [0, 0.1) is 6.92 Å². The molecule has 0 amide bonds. The normalized spacial score (nSPS) is 10.7. The van der Waals surface area contributed by atoms with Crippen LogP contribution in [0.1, 0.15) is 11.4 Å². The molecule has 2 N–H and O–H groups in total. The van der Waals surface area contributed by atoms with Crippen LogP contribution in [0.4, 0.5) is 0 Å². The fraction of sp³-hybridized carbons (Fsp3) is 0.167. The number of aryl methyl sites for hydroxylation is 1. The number of rotatable bonds is 2. The molecular formula is C12H11Cl2N3O. The van der Waals surface area contributed by atoms with E-state index in [-0.39, 0.29) is 12.0 Å². The van der Waals surface area contributed by atoms with Crippen molar-refractivity contribution in [3.05, 3.63) is 55.9 Å². The Hall–Kier alpha value is -1.36. The number of halogens is 2. The highest BCUT2D eigenvalue weighted by atomic mass is 35.5. The highest BCUT2D eigenvalue weighted by Gasteiger charge is 2.07. The maximum atomic E-state index is 11.6. The molecule has 1 heterocycles. The summed E-state index contributed by atoms with van der Waals surface area (Å²) in [5.74, 6) is 0. The molecule has 0 atom stereocenters. The third kappa shape index (κ3) is 2.56. The van der Waals surface area contributed by atoms with Crippen molar-refractivity contribution < 1.29 is 0 Å². The van der Waals surface area contributed by atoms with E-state index in [0.717, 1.165) is 0 Å². The van der Waals surface area contributed by atoms with Crippen molar-refractivity contribution in [1.29, 1.82) is 0 Å². The lowest BCUT2D eigenvalue weighted by Gasteiger charge is -2.11. The predicted molar refractivity (Wildman–Crippen MR) is 72.5 cm³/mol. The minimum Gasteiger partial charge on any atom is -0.325 e. The third-order valence-corrected chi connectivity index (χ3v) is 2.90. The minimum absolute atomic E-state index is 0.0907. The SMILES string of the molecule is Cc1cc(=O)c(CN)nn1-c1cc(Cl)cc(Cl)c1. The lowest BCUT2D eigenvalue weighted by molar-refractivity contribution is 0.750. The smallest absolute Gasteiger partial charge is 0.204 e. The van der Waals surface area contributed by atoms with Crippen LogP contribution in [0.5, 0.6) is 0 Å². The molecule has 0 spiro atoms. The van der Waals surface area contributed by atoms with Crippen LogP contribution >= 0.6 is 23.2 Å². The zero-order chi connectivity index (χ0) is 13.3. The average Bonchev–Trinajstić information content (AvgIpc) is 2.27. The van der Waals surface area contributed by atoms with Gasteiger partial charge in [-0.05, 0) is 25.1 Å². The molecule has 94 valence electrons. The van der Waals surface area contributed by atoms with E-state index >= 15 is 0 Å². The van der Waals surface area contributed by atoms with Gasteiger partial charge in [-0.25, -0.2) is 4.68 Å². The monoisotopic (exact) mass is 283 g/mol. The molecule has 18 heavy (non-hydrogen) atoms. The van der Waals surface area contributed by atoms with Gasteiger partial charge in [-0.15, -0.1) is 0 Å². The molecule has 0 aliphatic heterocycles. The third-order valence-electron chi connectivity index (χ3n) is 2.46. The average molecular weight is 284 g/mol. The Balaban J connectivity index is 2.66. The number of benzene rings is 1. The van der Waals surface area contributed by atoms with Crippen molar-refractivity contribution in [1.82, 2.24) is 9.78 Å². The summed E-state index contributed by atoms with van der Waals surface area (Å²) in [5, 5.41) is 5.22. The summed E-state index contributed by atoms with van der Waals surface area (Å²) in [7, 11) is 0. The molecule has 0 aliphatic carbocycles. The number of hydrogen-bond acceptors (Lipinski definition) is 3. The molecule has 0 saturated carbocycles. The summed E-state index contributed by atoms with van der Waals surface area (Å²) in [6, 6.07) is 6.56.